The lowest BCUT2D eigenvalue weighted by atomic mass is 10.1. The highest BCUT2D eigenvalue weighted by Gasteiger charge is 2.20. The Morgan fingerprint density at radius 3 is 2.53 bits per heavy atom. The first-order chi connectivity index (χ1) is 14.7. The summed E-state index contributed by atoms with van der Waals surface area (Å²) in [6, 6.07) is 16.3. The quantitative estimate of drug-likeness (QED) is 0.485. The molecule has 4 rings (SSSR count). The Bertz CT molecular complexity index is 1070. The van der Waals surface area contributed by atoms with Crippen molar-refractivity contribution < 1.29 is 9.21 Å². The predicted molar refractivity (Wildman–Crippen MR) is 119 cm³/mol. The minimum Gasteiger partial charge on any atom is -0.459 e. The summed E-state index contributed by atoms with van der Waals surface area (Å²) in [5, 5.41) is 7.86. The van der Waals surface area contributed by atoms with Gasteiger partial charge in [-0.05, 0) is 30.5 Å². The van der Waals surface area contributed by atoms with Crippen molar-refractivity contribution in [1.29, 1.82) is 0 Å². The normalized spacial score (nSPS) is 14.5. The molecule has 0 radical (unpaired) electrons. The largest absolute Gasteiger partial charge is 0.459 e. The fraction of sp³-hybridized carbons (Fsp3) is 0.333. The molecular weight excluding hydrogens is 376 g/mol. The van der Waals surface area contributed by atoms with Crippen LogP contribution in [0.1, 0.15) is 35.3 Å². The summed E-state index contributed by atoms with van der Waals surface area (Å²) in [5.74, 6) is 1.87. The summed E-state index contributed by atoms with van der Waals surface area (Å²) >= 11 is 0. The van der Waals surface area contributed by atoms with Crippen molar-refractivity contribution in [3.8, 4) is 0 Å². The number of hydrogen-bond donors (Lipinski definition) is 2. The van der Waals surface area contributed by atoms with E-state index in [-0.39, 0.29) is 5.91 Å². The van der Waals surface area contributed by atoms with Crippen LogP contribution in [0.3, 0.4) is 0 Å². The molecule has 1 aliphatic rings. The maximum absolute atomic E-state index is 12.0. The van der Waals surface area contributed by atoms with Gasteiger partial charge in [-0.25, -0.2) is 0 Å². The molecule has 6 nitrogen and oxygen atoms in total. The lowest BCUT2D eigenvalue weighted by molar-refractivity contribution is -0.128. The smallest absolute Gasteiger partial charge is 0.222 e. The Balaban J connectivity index is 1.38. The van der Waals surface area contributed by atoms with Gasteiger partial charge in [0.15, 0.2) is 5.96 Å². The number of amides is 1. The van der Waals surface area contributed by atoms with Crippen molar-refractivity contribution in [3.05, 3.63) is 71.0 Å². The summed E-state index contributed by atoms with van der Waals surface area (Å²) in [4.78, 5) is 18.3. The molecule has 2 heterocycles. The van der Waals surface area contributed by atoms with Gasteiger partial charge < -0.3 is 20.0 Å². The monoisotopic (exact) mass is 404 g/mol. The van der Waals surface area contributed by atoms with E-state index in [1.54, 1.807) is 7.05 Å². The molecule has 0 atom stereocenters. The number of carbonyl (C=O) groups excluding carboxylic acids is 1. The van der Waals surface area contributed by atoms with Crippen LogP contribution in [0, 0.1) is 6.92 Å². The fourth-order valence-corrected chi connectivity index (χ4v) is 3.92. The standard InChI is InChI=1S/C24H28N4O2/c1-17-20-10-5-6-11-21(20)30-22(17)15-27-24(25-2)26-14-18-8-3-4-9-19(18)16-28-13-7-12-23(28)29/h3-6,8-11H,7,12-16H2,1-2H3,(H2,25,26,27). The topological polar surface area (TPSA) is 69.9 Å². The Labute approximate surface area is 177 Å². The maximum Gasteiger partial charge on any atom is 0.222 e. The molecule has 2 aromatic carbocycles. The van der Waals surface area contributed by atoms with Gasteiger partial charge in [-0.2, -0.15) is 0 Å². The van der Waals surface area contributed by atoms with Crippen LogP contribution in [0.5, 0.6) is 0 Å². The highest BCUT2D eigenvalue weighted by molar-refractivity contribution is 5.83. The zero-order chi connectivity index (χ0) is 20.9. The molecule has 1 aromatic heterocycles. The third-order valence-corrected chi connectivity index (χ3v) is 5.68. The van der Waals surface area contributed by atoms with Gasteiger partial charge in [0.05, 0.1) is 6.54 Å². The number of likely N-dealkylation sites (tertiary alicyclic amines) is 1. The van der Waals surface area contributed by atoms with Gasteiger partial charge in [-0.3, -0.25) is 9.79 Å². The first-order valence-electron chi connectivity index (χ1n) is 10.4. The molecule has 30 heavy (non-hydrogen) atoms. The van der Waals surface area contributed by atoms with Gasteiger partial charge in [-0.1, -0.05) is 42.5 Å². The van der Waals surface area contributed by atoms with Crippen LogP contribution in [0.4, 0.5) is 0 Å². The van der Waals surface area contributed by atoms with Gasteiger partial charge >= 0.3 is 0 Å². The van der Waals surface area contributed by atoms with Gasteiger partial charge in [0.1, 0.15) is 11.3 Å². The molecule has 0 aliphatic carbocycles. The number of hydrogen-bond acceptors (Lipinski definition) is 3. The zero-order valence-electron chi connectivity index (χ0n) is 17.6. The van der Waals surface area contributed by atoms with Crippen LogP contribution < -0.4 is 10.6 Å². The molecule has 0 saturated carbocycles. The lowest BCUT2D eigenvalue weighted by Gasteiger charge is -2.19. The molecule has 1 fully saturated rings. The van der Waals surface area contributed by atoms with Crippen LogP contribution in [0.15, 0.2) is 57.9 Å². The van der Waals surface area contributed by atoms with E-state index in [1.807, 2.05) is 35.2 Å². The summed E-state index contributed by atoms with van der Waals surface area (Å²) in [5.41, 5.74) is 4.39. The number of benzene rings is 2. The van der Waals surface area contributed by atoms with Crippen LogP contribution >= 0.6 is 0 Å². The van der Waals surface area contributed by atoms with Crippen molar-refractivity contribution in [2.24, 2.45) is 4.99 Å². The number of nitrogens with zero attached hydrogens (tertiary/aromatic N) is 2. The number of carbonyl (C=O) groups is 1. The second kappa shape index (κ2) is 9.03. The molecule has 3 aromatic rings. The first kappa shape index (κ1) is 20.0. The SMILES string of the molecule is CN=C(NCc1ccccc1CN1CCCC1=O)NCc1oc2ccccc2c1C. The van der Waals surface area contributed by atoms with Crippen molar-refractivity contribution in [3.63, 3.8) is 0 Å². The molecule has 2 N–H and O–H groups in total. The van der Waals surface area contributed by atoms with E-state index in [9.17, 15) is 4.79 Å². The summed E-state index contributed by atoms with van der Waals surface area (Å²) < 4.78 is 5.98. The Morgan fingerprint density at radius 1 is 1.07 bits per heavy atom. The Kier molecular flexibility index (Phi) is 6.02. The van der Waals surface area contributed by atoms with Crippen LogP contribution in [0.25, 0.3) is 11.0 Å². The van der Waals surface area contributed by atoms with E-state index in [1.165, 1.54) is 11.1 Å². The average molecular weight is 405 g/mol. The number of rotatable bonds is 6. The second-order valence-corrected chi connectivity index (χ2v) is 7.61. The van der Waals surface area contributed by atoms with E-state index in [0.717, 1.165) is 35.3 Å². The number of nitrogens with one attached hydrogen (secondary N) is 2. The third-order valence-electron chi connectivity index (χ3n) is 5.68. The van der Waals surface area contributed by atoms with Crippen LogP contribution in [-0.2, 0) is 24.4 Å². The average Bonchev–Trinajstić information content (AvgIpc) is 3.32. The van der Waals surface area contributed by atoms with Crippen LogP contribution in [-0.4, -0.2) is 30.4 Å². The van der Waals surface area contributed by atoms with Crippen molar-refractivity contribution in [2.75, 3.05) is 13.6 Å². The van der Waals surface area contributed by atoms with Crippen molar-refractivity contribution in [2.45, 2.75) is 39.4 Å². The van der Waals surface area contributed by atoms with Crippen molar-refractivity contribution in [1.82, 2.24) is 15.5 Å². The maximum atomic E-state index is 12.0. The molecule has 6 heteroatoms. The molecule has 1 amide bonds. The van der Waals surface area contributed by atoms with E-state index in [0.29, 0.717) is 32.0 Å². The number of para-hydroxylation sites is 1. The summed E-state index contributed by atoms with van der Waals surface area (Å²) in [7, 11) is 1.76. The number of guanidine groups is 1. The number of aryl methyl sites for hydroxylation is 1. The molecule has 0 spiro atoms. The van der Waals surface area contributed by atoms with E-state index in [2.05, 4.69) is 40.7 Å². The second-order valence-electron chi connectivity index (χ2n) is 7.61. The molecular formula is C24H28N4O2. The minimum absolute atomic E-state index is 0.247. The molecule has 1 aliphatic heterocycles. The number of aliphatic imine (C=N–C) groups is 1. The number of fused-ring (bicyclic) bond motifs is 1. The van der Waals surface area contributed by atoms with Gasteiger partial charge in [-0.15, -0.1) is 0 Å². The molecule has 0 bridgehead atoms. The summed E-state index contributed by atoms with van der Waals surface area (Å²) in [6.07, 6.45) is 1.62. The minimum atomic E-state index is 0.247. The Morgan fingerprint density at radius 2 is 1.80 bits per heavy atom. The molecule has 156 valence electrons. The molecule has 0 unspecified atom stereocenters. The third kappa shape index (κ3) is 4.32. The van der Waals surface area contributed by atoms with Gasteiger partial charge in [0.2, 0.25) is 5.91 Å². The van der Waals surface area contributed by atoms with Crippen LogP contribution in [0.2, 0.25) is 0 Å². The van der Waals surface area contributed by atoms with Crippen molar-refractivity contribution >= 4 is 22.8 Å². The van der Waals surface area contributed by atoms with E-state index < -0.39 is 0 Å². The highest BCUT2D eigenvalue weighted by Crippen LogP contribution is 2.24. The summed E-state index contributed by atoms with van der Waals surface area (Å²) in [6.45, 7) is 4.79. The fourth-order valence-electron chi connectivity index (χ4n) is 3.92. The van der Waals surface area contributed by atoms with Gasteiger partial charge in [0, 0.05) is 44.1 Å². The lowest BCUT2D eigenvalue weighted by Crippen LogP contribution is -2.36. The molecule has 1 saturated heterocycles. The Hall–Kier alpha value is -3.28. The zero-order valence-corrected chi connectivity index (χ0v) is 17.6. The van der Waals surface area contributed by atoms with E-state index >= 15 is 0 Å². The number of furan rings is 1. The first-order valence-corrected chi connectivity index (χ1v) is 10.4. The predicted octanol–water partition coefficient (Wildman–Crippen LogP) is 3.73. The van der Waals surface area contributed by atoms with Gasteiger partial charge in [0.25, 0.3) is 0 Å². The van der Waals surface area contributed by atoms with E-state index in [4.69, 9.17) is 4.42 Å². The highest BCUT2D eigenvalue weighted by atomic mass is 16.3.